The molecule has 3 aliphatic heterocycles. The number of ketones is 3. The van der Waals surface area contributed by atoms with Gasteiger partial charge in [0.1, 0.15) is 0 Å². The van der Waals surface area contributed by atoms with Gasteiger partial charge in [-0.2, -0.15) is 0 Å². The molecule has 3 aliphatic carbocycles. The van der Waals surface area contributed by atoms with Gasteiger partial charge in [-0.1, -0.05) is 133 Å². The Kier molecular flexibility index (Phi) is 23.1. The predicted molar refractivity (Wildman–Crippen MR) is 371 cm³/mol. The first-order valence-electron chi connectivity index (χ1n) is 31.7. The molecule has 6 aromatic carbocycles. The van der Waals surface area contributed by atoms with Crippen LogP contribution in [-0.4, -0.2) is 86.0 Å². The van der Waals surface area contributed by atoms with Crippen molar-refractivity contribution in [1.82, 2.24) is 30.7 Å². The highest BCUT2D eigenvalue weighted by molar-refractivity contribution is 6.31. The van der Waals surface area contributed by atoms with E-state index in [9.17, 15) is 43.2 Å². The third kappa shape index (κ3) is 17.8. The quantitative estimate of drug-likeness (QED) is 0.0504. The third-order valence-corrected chi connectivity index (χ3v) is 18.4. The molecule has 3 saturated carbocycles. The first-order chi connectivity index (χ1) is 45.1. The molecule has 3 fully saturated rings. The number of urea groups is 3. The molecule has 95 heavy (non-hydrogen) atoms. The molecule has 12 rings (SSSR count). The average molecular weight is 1320 g/mol. The van der Waals surface area contributed by atoms with Crippen molar-refractivity contribution in [2.45, 2.75) is 156 Å². The number of rotatable bonds is 12. The van der Waals surface area contributed by atoms with Crippen molar-refractivity contribution >= 4 is 93.4 Å². The second-order valence-corrected chi connectivity index (χ2v) is 25.8. The minimum absolute atomic E-state index is 0. The second-order valence-electron chi connectivity index (χ2n) is 24.9. The van der Waals surface area contributed by atoms with E-state index in [2.05, 4.69) is 51.6 Å². The van der Waals surface area contributed by atoms with Crippen LogP contribution < -0.4 is 31.9 Å². The standard InChI is InChI=1S/C25H26ClN3O3.C25H27N3O3.C24H24ClN3O3.CH4/c1-15-4-3-5-22(23(30)10-15)29-14-18-11-17(7-9-20(18)24(29)31)13-27-25(32)28-19-8-6-16(2)21(26)12-19;1-16-6-9-20(10-7-16)27-25(31)26-14-18-8-11-21-19(13-18)15-28(24(21)30)22-5-3-4-17(2)12-23(22)29;1-15-4-2-7-21(22(29)10-15)28-14-17-11-16(8-9-20(17)23(28)30)13-26-24(31)27-19-6-3-5-18(25)12-19;/h6-9,11-12,22H,1,3-5,10,13-14H2,2H3,(H2,27,28,32);6-11,13,22H,2-5,12,14-15H2,1H3,(H2,26,27,31);3,5-6,8-9,11-12,21H,1-2,4,7,10,13-14H2,(H2,26,27,31);1H4/t2*22-;21-;/m000./s1. The molecule has 18 nitrogen and oxygen atoms in total. The largest absolute Gasteiger partial charge is 0.334 e. The number of allylic oxidation sites excluding steroid dienone is 3. The molecule has 3 atom stereocenters. The van der Waals surface area contributed by atoms with Gasteiger partial charge < -0.3 is 46.6 Å². The van der Waals surface area contributed by atoms with Crippen molar-refractivity contribution < 1.29 is 43.2 Å². The zero-order chi connectivity index (χ0) is 66.7. The van der Waals surface area contributed by atoms with Crippen molar-refractivity contribution in [3.63, 3.8) is 0 Å². The number of fused-ring (bicyclic) bond motifs is 3. The van der Waals surface area contributed by atoms with Crippen molar-refractivity contribution in [2.24, 2.45) is 0 Å². The number of nitrogens with one attached hydrogen (secondary N) is 6. The molecule has 494 valence electrons. The predicted octanol–water partition coefficient (Wildman–Crippen LogP) is 14.7. The molecule has 6 aromatic rings. The van der Waals surface area contributed by atoms with Gasteiger partial charge in [0.2, 0.25) is 0 Å². The summed E-state index contributed by atoms with van der Waals surface area (Å²) in [6, 6.07) is 34.4. The number of anilines is 3. The number of amides is 9. The summed E-state index contributed by atoms with van der Waals surface area (Å²) in [5.74, 6) is -0.0547. The Morgan fingerprint density at radius 2 is 0.811 bits per heavy atom. The lowest BCUT2D eigenvalue weighted by molar-refractivity contribution is -0.123. The van der Waals surface area contributed by atoms with E-state index >= 15 is 0 Å². The molecule has 6 aliphatic rings. The van der Waals surface area contributed by atoms with Crippen LogP contribution in [0.15, 0.2) is 158 Å². The van der Waals surface area contributed by atoms with Crippen LogP contribution in [0.4, 0.5) is 31.4 Å². The number of nitrogens with zero attached hydrogens (tertiary/aromatic N) is 3. The fourth-order valence-electron chi connectivity index (χ4n) is 12.7. The summed E-state index contributed by atoms with van der Waals surface area (Å²) in [5, 5.41) is 17.9. The number of hydrogen-bond acceptors (Lipinski definition) is 9. The van der Waals surface area contributed by atoms with Gasteiger partial charge in [0.05, 0.1) is 18.1 Å². The van der Waals surface area contributed by atoms with E-state index in [1.807, 2.05) is 80.6 Å². The van der Waals surface area contributed by atoms with Crippen LogP contribution in [0.1, 0.15) is 160 Å². The summed E-state index contributed by atoms with van der Waals surface area (Å²) in [7, 11) is 0. The number of benzene rings is 6. The third-order valence-electron chi connectivity index (χ3n) is 17.7. The molecular formula is C75H81Cl2N9O9. The van der Waals surface area contributed by atoms with E-state index in [1.165, 1.54) is 0 Å². The number of halogens is 2. The lowest BCUT2D eigenvalue weighted by atomic mass is 10.1. The van der Waals surface area contributed by atoms with Crippen molar-refractivity contribution in [3.05, 3.63) is 229 Å². The minimum atomic E-state index is -0.386. The lowest BCUT2D eigenvalue weighted by Gasteiger charge is -2.25. The summed E-state index contributed by atoms with van der Waals surface area (Å²) >= 11 is 12.0. The SMILES string of the molecule is C.C=C1CCC[C@H](N2Cc3cc(CNC(=O)Nc4ccc(C)c(Cl)c4)ccc3C2=O)C(=O)C1.C=C1CCC[C@H](N2Cc3cc(CNC(=O)Nc4ccc(C)cc4)ccc3C2=O)C(=O)C1.C=C1CCC[C@H](N2Cc3cc(CNC(=O)Nc4cccc(Cl)c4)ccc3C2=O)C(=O)C1. The molecule has 20 heteroatoms. The molecule has 0 radical (unpaired) electrons. The molecule has 0 bridgehead atoms. The van der Waals surface area contributed by atoms with Crippen molar-refractivity contribution in [3.8, 4) is 0 Å². The molecule has 0 spiro atoms. The summed E-state index contributed by atoms with van der Waals surface area (Å²) in [5.41, 5.74) is 14.1. The van der Waals surface area contributed by atoms with Crippen LogP contribution >= 0.6 is 23.2 Å². The number of aryl methyl sites for hydroxylation is 2. The van der Waals surface area contributed by atoms with Gasteiger partial charge in [-0.3, -0.25) is 28.8 Å². The molecule has 0 saturated heterocycles. The van der Waals surface area contributed by atoms with Crippen LogP contribution in [-0.2, 0) is 53.7 Å². The Balaban J connectivity index is 0.000000167. The Hall–Kier alpha value is -9.65. The van der Waals surface area contributed by atoms with Crippen LogP contribution in [0.25, 0.3) is 0 Å². The highest BCUT2D eigenvalue weighted by Gasteiger charge is 2.40. The monoisotopic (exact) mass is 1320 g/mol. The van der Waals surface area contributed by atoms with Crippen molar-refractivity contribution in [2.75, 3.05) is 16.0 Å². The molecule has 0 unspecified atom stereocenters. The van der Waals surface area contributed by atoms with Crippen LogP contribution in [0.5, 0.6) is 0 Å². The number of Topliss-reactive ketones (excluding diaryl/α,β-unsaturated/α-hetero) is 3. The normalized spacial score (nSPS) is 18.3. The van der Waals surface area contributed by atoms with Gasteiger partial charge in [-0.15, -0.1) is 0 Å². The Labute approximate surface area is 565 Å². The number of carbonyl (C=O) groups excluding carboxylic acids is 9. The zero-order valence-corrected chi connectivity index (χ0v) is 54.4. The van der Waals surface area contributed by atoms with Crippen molar-refractivity contribution in [1.29, 1.82) is 0 Å². The molecular weight excluding hydrogens is 1240 g/mol. The smallest absolute Gasteiger partial charge is 0.319 e. The molecule has 9 amide bonds. The summed E-state index contributed by atoms with van der Waals surface area (Å²) in [6.45, 7) is 18.0. The lowest BCUT2D eigenvalue weighted by Crippen LogP contribution is -2.40. The van der Waals surface area contributed by atoms with E-state index in [0.717, 1.165) is 105 Å². The van der Waals surface area contributed by atoms with Gasteiger partial charge in [0.25, 0.3) is 17.7 Å². The Morgan fingerprint density at radius 1 is 0.453 bits per heavy atom. The fourth-order valence-corrected chi connectivity index (χ4v) is 13.1. The highest BCUT2D eigenvalue weighted by Crippen LogP contribution is 2.35. The first kappa shape index (κ1) is 69.7. The number of hydrogen-bond donors (Lipinski definition) is 6. The van der Waals surface area contributed by atoms with Gasteiger partial charge in [0.15, 0.2) is 17.3 Å². The first-order valence-corrected chi connectivity index (χ1v) is 32.5. The van der Waals surface area contributed by atoms with Crippen LogP contribution in [0, 0.1) is 13.8 Å². The highest BCUT2D eigenvalue weighted by atomic mass is 35.5. The maximum atomic E-state index is 12.9. The summed E-state index contributed by atoms with van der Waals surface area (Å²) < 4.78 is 0. The van der Waals surface area contributed by atoms with E-state index in [0.29, 0.717) is 116 Å². The maximum absolute atomic E-state index is 12.9. The van der Waals surface area contributed by atoms with Crippen LogP contribution in [0.3, 0.4) is 0 Å². The van der Waals surface area contributed by atoms with E-state index < -0.39 is 0 Å². The van der Waals surface area contributed by atoms with Gasteiger partial charge >= 0.3 is 18.1 Å². The summed E-state index contributed by atoms with van der Waals surface area (Å²) in [4.78, 5) is 118. The second kappa shape index (κ2) is 31.5. The van der Waals surface area contributed by atoms with Crippen LogP contribution in [0.2, 0.25) is 10.0 Å². The maximum Gasteiger partial charge on any atom is 0.319 e. The average Bonchev–Trinajstić information content (AvgIpc) is 1.66. The Bertz CT molecular complexity index is 4030. The van der Waals surface area contributed by atoms with E-state index in [-0.39, 0.29) is 78.7 Å². The fraction of sp³-hybridized carbons (Fsp3) is 0.320. The Morgan fingerprint density at radius 3 is 1.18 bits per heavy atom. The van der Waals surface area contributed by atoms with E-state index in [1.54, 1.807) is 69.3 Å². The zero-order valence-electron chi connectivity index (χ0n) is 52.9. The summed E-state index contributed by atoms with van der Waals surface area (Å²) in [6.07, 6.45) is 8.22. The molecule has 3 heterocycles. The minimum Gasteiger partial charge on any atom is -0.334 e. The number of carbonyl (C=O) groups is 9. The molecule has 0 aromatic heterocycles. The van der Waals surface area contributed by atoms with Gasteiger partial charge in [-0.05, 0) is 171 Å². The van der Waals surface area contributed by atoms with Gasteiger partial charge in [0, 0.05) is 102 Å². The van der Waals surface area contributed by atoms with E-state index in [4.69, 9.17) is 23.2 Å². The topological polar surface area (TPSA) is 236 Å². The van der Waals surface area contributed by atoms with Gasteiger partial charge in [-0.25, -0.2) is 14.4 Å². The molecule has 6 N–H and O–H groups in total.